The fourth-order valence-electron chi connectivity index (χ4n) is 2.57. The Bertz CT molecular complexity index is 621. The molecule has 3 rings (SSSR count). The van der Waals surface area contributed by atoms with Crippen molar-refractivity contribution in [3.63, 3.8) is 0 Å². The molecule has 1 aliphatic rings. The fraction of sp³-hybridized carbons (Fsp3) is 0.357. The summed E-state index contributed by atoms with van der Waals surface area (Å²) in [4.78, 5) is 0. The van der Waals surface area contributed by atoms with Crippen LogP contribution in [-0.4, -0.2) is 23.9 Å². The van der Waals surface area contributed by atoms with Gasteiger partial charge in [0.05, 0.1) is 24.5 Å². The lowest BCUT2D eigenvalue weighted by molar-refractivity contribution is 0.109. The number of hydrogen-bond acceptors (Lipinski definition) is 4. The Balaban J connectivity index is 2.14. The maximum absolute atomic E-state index is 6.10. The molecule has 1 unspecified atom stereocenters. The zero-order valence-electron chi connectivity index (χ0n) is 11.1. The van der Waals surface area contributed by atoms with Gasteiger partial charge < -0.3 is 15.2 Å². The highest BCUT2D eigenvalue weighted by Crippen LogP contribution is 2.41. The summed E-state index contributed by atoms with van der Waals surface area (Å²) in [7, 11) is 1.62. The molecule has 1 aromatic heterocycles. The molecule has 1 aromatic carbocycles. The minimum atomic E-state index is -0.00140. The van der Waals surface area contributed by atoms with Crippen molar-refractivity contribution in [1.29, 1.82) is 0 Å². The summed E-state index contributed by atoms with van der Waals surface area (Å²) in [6.45, 7) is 0.760. The molecule has 1 aliphatic heterocycles. The molecule has 2 heterocycles. The number of hydrogen-bond donors (Lipinski definition) is 2. The minimum absolute atomic E-state index is 0.00140. The molecule has 3 N–H and O–H groups in total. The number of nitrogen functional groups attached to an aromatic ring is 1. The highest BCUT2D eigenvalue weighted by atomic mass is 35.5. The van der Waals surface area contributed by atoms with E-state index in [-0.39, 0.29) is 6.10 Å². The highest BCUT2D eigenvalue weighted by Gasteiger charge is 2.26. The van der Waals surface area contributed by atoms with E-state index in [2.05, 4.69) is 10.2 Å². The first-order chi connectivity index (χ1) is 9.70. The summed E-state index contributed by atoms with van der Waals surface area (Å²) < 4.78 is 11.1. The van der Waals surface area contributed by atoms with Crippen LogP contribution in [0.4, 0.5) is 5.82 Å². The van der Waals surface area contributed by atoms with Gasteiger partial charge in [-0.25, -0.2) is 0 Å². The van der Waals surface area contributed by atoms with Crippen LogP contribution in [0.3, 0.4) is 0 Å². The number of anilines is 1. The summed E-state index contributed by atoms with van der Waals surface area (Å²) in [6.07, 6.45) is 1.99. The third kappa shape index (κ3) is 2.23. The minimum Gasteiger partial charge on any atom is -0.496 e. The smallest absolute Gasteiger partial charge is 0.153 e. The molecule has 0 amide bonds. The zero-order valence-corrected chi connectivity index (χ0v) is 11.9. The van der Waals surface area contributed by atoms with E-state index in [1.165, 1.54) is 0 Å². The number of ether oxygens (including phenoxy) is 2. The Kier molecular flexibility index (Phi) is 3.54. The van der Waals surface area contributed by atoms with E-state index in [9.17, 15) is 0 Å². The van der Waals surface area contributed by atoms with Crippen LogP contribution in [0.5, 0.6) is 5.75 Å². The number of nitrogens with zero attached hydrogens (tertiary/aromatic N) is 1. The monoisotopic (exact) mass is 293 g/mol. The van der Waals surface area contributed by atoms with Crippen molar-refractivity contribution < 1.29 is 9.47 Å². The second-order valence-corrected chi connectivity index (χ2v) is 5.18. The van der Waals surface area contributed by atoms with Gasteiger partial charge in [0.25, 0.3) is 0 Å². The summed E-state index contributed by atoms with van der Waals surface area (Å²) in [6, 6.07) is 5.44. The predicted octanol–water partition coefficient (Wildman–Crippen LogP) is 3.17. The van der Waals surface area contributed by atoms with Crippen LogP contribution >= 0.6 is 11.6 Å². The Hall–Kier alpha value is -1.72. The SMILES string of the molecule is COc1ccc(Cl)cc1-c1c(N)n[nH]c1C1CCCO1. The standard InChI is InChI=1S/C14H16ClN3O2/c1-19-10-5-4-8(15)7-9(10)12-13(17-18-14(12)16)11-3-2-6-20-11/h4-5,7,11H,2-3,6H2,1H3,(H3,16,17,18). The molecule has 0 bridgehead atoms. The molecule has 0 aliphatic carbocycles. The van der Waals surface area contributed by atoms with E-state index in [1.807, 2.05) is 12.1 Å². The van der Waals surface area contributed by atoms with E-state index in [0.29, 0.717) is 16.6 Å². The Labute approximate surface area is 122 Å². The molecule has 0 radical (unpaired) electrons. The first kappa shape index (κ1) is 13.3. The Morgan fingerprint density at radius 2 is 2.35 bits per heavy atom. The summed E-state index contributed by atoms with van der Waals surface area (Å²) in [5.74, 6) is 1.14. The number of aromatic nitrogens is 2. The van der Waals surface area contributed by atoms with Crippen molar-refractivity contribution in [2.45, 2.75) is 18.9 Å². The molecule has 2 aromatic rings. The van der Waals surface area contributed by atoms with Gasteiger partial charge in [-0.05, 0) is 31.0 Å². The molecule has 20 heavy (non-hydrogen) atoms. The van der Waals surface area contributed by atoms with Gasteiger partial charge in [0.15, 0.2) is 5.82 Å². The molecular weight excluding hydrogens is 278 g/mol. The number of halogens is 1. The highest BCUT2D eigenvalue weighted by molar-refractivity contribution is 6.31. The normalized spacial score (nSPS) is 18.4. The molecular formula is C14H16ClN3O2. The maximum atomic E-state index is 6.10. The molecule has 106 valence electrons. The maximum Gasteiger partial charge on any atom is 0.153 e. The van der Waals surface area contributed by atoms with Gasteiger partial charge in [0.1, 0.15) is 5.75 Å². The molecule has 0 spiro atoms. The third-order valence-corrected chi connectivity index (χ3v) is 3.74. The van der Waals surface area contributed by atoms with Crippen molar-refractivity contribution in [3.8, 4) is 16.9 Å². The van der Waals surface area contributed by atoms with Crippen LogP contribution in [0.15, 0.2) is 18.2 Å². The molecule has 6 heteroatoms. The lowest BCUT2D eigenvalue weighted by Gasteiger charge is -2.13. The van der Waals surface area contributed by atoms with Crippen molar-refractivity contribution in [1.82, 2.24) is 10.2 Å². The van der Waals surface area contributed by atoms with Crippen molar-refractivity contribution >= 4 is 17.4 Å². The van der Waals surface area contributed by atoms with Gasteiger partial charge in [0, 0.05) is 17.2 Å². The Morgan fingerprint density at radius 3 is 3.05 bits per heavy atom. The molecule has 0 saturated carbocycles. The van der Waals surface area contributed by atoms with E-state index in [1.54, 1.807) is 13.2 Å². The molecule has 1 saturated heterocycles. The second-order valence-electron chi connectivity index (χ2n) is 4.74. The second kappa shape index (κ2) is 5.34. The quantitative estimate of drug-likeness (QED) is 0.911. The number of nitrogens with one attached hydrogen (secondary N) is 1. The molecule has 5 nitrogen and oxygen atoms in total. The zero-order chi connectivity index (χ0) is 14.1. The third-order valence-electron chi connectivity index (χ3n) is 3.50. The van der Waals surface area contributed by atoms with Crippen LogP contribution in [-0.2, 0) is 4.74 Å². The van der Waals surface area contributed by atoms with E-state index in [0.717, 1.165) is 36.3 Å². The van der Waals surface area contributed by atoms with Crippen LogP contribution in [0.2, 0.25) is 5.02 Å². The number of nitrogens with two attached hydrogens (primary N) is 1. The number of aromatic amines is 1. The largest absolute Gasteiger partial charge is 0.496 e. The predicted molar refractivity (Wildman–Crippen MR) is 77.9 cm³/mol. The van der Waals surface area contributed by atoms with Gasteiger partial charge in [0.2, 0.25) is 0 Å². The number of benzene rings is 1. The Morgan fingerprint density at radius 1 is 1.50 bits per heavy atom. The topological polar surface area (TPSA) is 73.2 Å². The number of H-pyrrole nitrogens is 1. The number of rotatable bonds is 3. The van der Waals surface area contributed by atoms with Crippen LogP contribution in [0, 0.1) is 0 Å². The first-order valence-electron chi connectivity index (χ1n) is 6.50. The average molecular weight is 294 g/mol. The van der Waals surface area contributed by atoms with E-state index in [4.69, 9.17) is 26.8 Å². The molecule has 1 fully saturated rings. The van der Waals surface area contributed by atoms with Gasteiger partial charge in [-0.15, -0.1) is 0 Å². The van der Waals surface area contributed by atoms with Crippen molar-refractivity contribution in [3.05, 3.63) is 28.9 Å². The average Bonchev–Trinajstić information content (AvgIpc) is 3.07. The fourth-order valence-corrected chi connectivity index (χ4v) is 2.74. The van der Waals surface area contributed by atoms with E-state index < -0.39 is 0 Å². The summed E-state index contributed by atoms with van der Waals surface area (Å²) in [5, 5.41) is 7.73. The summed E-state index contributed by atoms with van der Waals surface area (Å²) >= 11 is 6.10. The number of methoxy groups -OCH3 is 1. The lowest BCUT2D eigenvalue weighted by atomic mass is 10.0. The van der Waals surface area contributed by atoms with Gasteiger partial charge in [-0.2, -0.15) is 5.10 Å². The van der Waals surface area contributed by atoms with Gasteiger partial charge in [-0.3, -0.25) is 5.10 Å². The van der Waals surface area contributed by atoms with E-state index >= 15 is 0 Å². The van der Waals surface area contributed by atoms with Crippen LogP contribution in [0.1, 0.15) is 24.6 Å². The lowest BCUT2D eigenvalue weighted by Crippen LogP contribution is -2.00. The summed E-state index contributed by atoms with van der Waals surface area (Å²) in [5.41, 5.74) is 8.55. The van der Waals surface area contributed by atoms with Gasteiger partial charge >= 0.3 is 0 Å². The van der Waals surface area contributed by atoms with Crippen LogP contribution in [0.25, 0.3) is 11.1 Å². The van der Waals surface area contributed by atoms with Crippen molar-refractivity contribution in [2.75, 3.05) is 19.5 Å². The van der Waals surface area contributed by atoms with Crippen LogP contribution < -0.4 is 10.5 Å². The van der Waals surface area contributed by atoms with Crippen molar-refractivity contribution in [2.24, 2.45) is 0 Å². The molecule has 1 atom stereocenters. The van der Waals surface area contributed by atoms with Gasteiger partial charge in [-0.1, -0.05) is 11.6 Å². The first-order valence-corrected chi connectivity index (χ1v) is 6.87.